The fourth-order valence-electron chi connectivity index (χ4n) is 5.03. The van der Waals surface area contributed by atoms with Gasteiger partial charge in [-0.15, -0.1) is 0 Å². The molecule has 3 aromatic carbocycles. The van der Waals surface area contributed by atoms with E-state index in [4.69, 9.17) is 14.0 Å². The molecule has 6 heteroatoms. The van der Waals surface area contributed by atoms with Crippen molar-refractivity contribution >= 4 is 11.7 Å². The molecule has 39 heavy (non-hydrogen) atoms. The van der Waals surface area contributed by atoms with E-state index >= 15 is 0 Å². The number of carbonyl (C=O) groups excluding carboxylic acids is 1. The number of nitrogens with zero attached hydrogens (tertiary/aromatic N) is 1. The zero-order chi connectivity index (χ0) is 27.4. The van der Waals surface area contributed by atoms with Crippen LogP contribution in [0.1, 0.15) is 49.9 Å². The highest BCUT2D eigenvalue weighted by Crippen LogP contribution is 2.49. The molecule has 6 nitrogen and oxygen atoms in total. The average molecular weight is 525 g/mol. The van der Waals surface area contributed by atoms with E-state index in [1.54, 1.807) is 7.11 Å². The van der Waals surface area contributed by atoms with E-state index in [9.17, 15) is 4.79 Å². The Labute approximate surface area is 230 Å². The molecule has 202 valence electrons. The summed E-state index contributed by atoms with van der Waals surface area (Å²) in [4.78, 5) is 12.4. The number of methoxy groups -OCH3 is 1. The molecular weight excluding hydrogens is 488 g/mol. The molecule has 1 unspecified atom stereocenters. The van der Waals surface area contributed by atoms with Crippen LogP contribution in [0.25, 0.3) is 22.5 Å². The van der Waals surface area contributed by atoms with Gasteiger partial charge in [-0.05, 0) is 80.8 Å². The van der Waals surface area contributed by atoms with Crippen molar-refractivity contribution in [3.05, 3.63) is 89.6 Å². The van der Waals surface area contributed by atoms with E-state index in [1.165, 1.54) is 5.56 Å². The van der Waals surface area contributed by atoms with Gasteiger partial charge in [-0.2, -0.15) is 0 Å². The van der Waals surface area contributed by atoms with Crippen molar-refractivity contribution in [1.29, 1.82) is 0 Å². The number of anilines is 1. The van der Waals surface area contributed by atoms with Gasteiger partial charge in [0.25, 0.3) is 0 Å². The quantitative estimate of drug-likeness (QED) is 0.207. The van der Waals surface area contributed by atoms with Crippen LogP contribution in [0.4, 0.5) is 5.69 Å². The second kappa shape index (κ2) is 11.4. The van der Waals surface area contributed by atoms with Crippen LogP contribution in [0.3, 0.4) is 0 Å². The number of carbonyl (C=O) groups is 1. The summed E-state index contributed by atoms with van der Waals surface area (Å²) in [5.74, 6) is 1.51. The second-order valence-electron chi connectivity index (χ2n) is 10.4. The lowest BCUT2D eigenvalue weighted by molar-refractivity contribution is -0.146. The van der Waals surface area contributed by atoms with Crippen LogP contribution in [-0.4, -0.2) is 30.9 Å². The standard InChI is InChI=1S/C33H36N2O4/c1-5-38-32(36)33(20-21-33)28-16-14-26(15-17-28)25-10-12-27(13-11-25)31-30(23(3)35-39-31)34-22(2)6-7-24-8-18-29(37-4)19-9-24/h8-19,22,34H,5-7,20-21H2,1-4H3. The third kappa shape index (κ3) is 5.70. The smallest absolute Gasteiger partial charge is 0.316 e. The van der Waals surface area contributed by atoms with E-state index in [1.807, 2.05) is 26.0 Å². The highest BCUT2D eigenvalue weighted by atomic mass is 16.5. The Bertz CT molecular complexity index is 1400. The molecule has 1 aliphatic rings. The number of hydrogen-bond donors (Lipinski definition) is 1. The average Bonchev–Trinajstić information content (AvgIpc) is 3.71. The maximum Gasteiger partial charge on any atom is 0.316 e. The van der Waals surface area contributed by atoms with Gasteiger partial charge in [0.2, 0.25) is 0 Å². The first kappa shape index (κ1) is 26.5. The lowest BCUT2D eigenvalue weighted by Crippen LogP contribution is -2.23. The molecule has 0 amide bonds. The predicted molar refractivity (Wildman–Crippen MR) is 154 cm³/mol. The van der Waals surface area contributed by atoms with Crippen molar-refractivity contribution in [3.63, 3.8) is 0 Å². The molecule has 5 rings (SSSR count). The molecule has 4 aromatic rings. The molecule has 1 aromatic heterocycles. The molecule has 1 atom stereocenters. The Balaban J connectivity index is 1.25. The third-order valence-corrected chi connectivity index (χ3v) is 7.61. The number of aromatic nitrogens is 1. The molecule has 0 aliphatic heterocycles. The van der Waals surface area contributed by atoms with Gasteiger partial charge in [0.05, 0.1) is 19.1 Å². The van der Waals surface area contributed by atoms with Gasteiger partial charge in [-0.25, -0.2) is 0 Å². The van der Waals surface area contributed by atoms with Crippen LogP contribution in [0, 0.1) is 6.92 Å². The molecular formula is C33H36N2O4. The molecule has 1 heterocycles. The highest BCUT2D eigenvalue weighted by molar-refractivity contribution is 5.87. The van der Waals surface area contributed by atoms with Crippen molar-refractivity contribution < 1.29 is 18.8 Å². The normalized spacial score (nSPS) is 14.5. The summed E-state index contributed by atoms with van der Waals surface area (Å²) in [6.45, 7) is 6.41. The van der Waals surface area contributed by atoms with Crippen LogP contribution in [0.15, 0.2) is 77.3 Å². The van der Waals surface area contributed by atoms with Crippen molar-refractivity contribution in [2.75, 3.05) is 19.0 Å². The molecule has 1 aliphatic carbocycles. The van der Waals surface area contributed by atoms with Gasteiger partial charge in [0.15, 0.2) is 5.76 Å². The van der Waals surface area contributed by atoms with E-state index in [0.717, 1.165) is 70.8 Å². The molecule has 0 spiro atoms. The van der Waals surface area contributed by atoms with E-state index < -0.39 is 5.41 Å². The summed E-state index contributed by atoms with van der Waals surface area (Å²) in [5.41, 5.74) is 6.82. The molecule has 1 saturated carbocycles. The fraction of sp³-hybridized carbons (Fsp3) is 0.333. The Kier molecular flexibility index (Phi) is 7.73. The van der Waals surface area contributed by atoms with E-state index in [0.29, 0.717) is 6.61 Å². The number of nitrogens with one attached hydrogen (secondary N) is 1. The van der Waals surface area contributed by atoms with Crippen LogP contribution in [0.5, 0.6) is 5.75 Å². The highest BCUT2D eigenvalue weighted by Gasteiger charge is 2.52. The fourth-order valence-corrected chi connectivity index (χ4v) is 5.03. The predicted octanol–water partition coefficient (Wildman–Crippen LogP) is 7.35. The largest absolute Gasteiger partial charge is 0.497 e. The lowest BCUT2D eigenvalue weighted by Gasteiger charge is -2.16. The van der Waals surface area contributed by atoms with Crippen molar-refractivity contribution in [2.45, 2.75) is 57.9 Å². The maximum atomic E-state index is 12.4. The minimum Gasteiger partial charge on any atom is -0.497 e. The van der Waals surface area contributed by atoms with E-state index in [-0.39, 0.29) is 12.0 Å². The number of aryl methyl sites for hydroxylation is 2. The number of hydrogen-bond acceptors (Lipinski definition) is 6. The van der Waals surface area contributed by atoms with Crippen molar-refractivity contribution in [1.82, 2.24) is 5.16 Å². The Morgan fingerprint density at radius 2 is 1.59 bits per heavy atom. The van der Waals surface area contributed by atoms with Gasteiger partial charge in [-0.3, -0.25) is 4.79 Å². The molecule has 0 radical (unpaired) electrons. The van der Waals surface area contributed by atoms with Crippen LogP contribution >= 0.6 is 0 Å². The van der Waals surface area contributed by atoms with Gasteiger partial charge < -0.3 is 19.3 Å². The molecule has 1 fully saturated rings. The first-order chi connectivity index (χ1) is 18.9. The van der Waals surface area contributed by atoms with Crippen LogP contribution < -0.4 is 10.1 Å². The SMILES string of the molecule is CCOC(=O)C1(c2ccc(-c3ccc(-c4onc(C)c4NC(C)CCc4ccc(OC)cc4)cc3)cc2)CC1. The first-order valence-electron chi connectivity index (χ1n) is 13.7. The molecule has 1 N–H and O–H groups in total. The number of esters is 1. The van der Waals surface area contributed by atoms with Crippen LogP contribution in [-0.2, 0) is 21.4 Å². The van der Waals surface area contributed by atoms with Gasteiger partial charge in [0, 0.05) is 11.6 Å². The zero-order valence-corrected chi connectivity index (χ0v) is 23.1. The maximum absolute atomic E-state index is 12.4. The Morgan fingerprint density at radius 1 is 0.974 bits per heavy atom. The van der Waals surface area contributed by atoms with Gasteiger partial charge in [-0.1, -0.05) is 65.8 Å². The first-order valence-corrected chi connectivity index (χ1v) is 13.7. The monoisotopic (exact) mass is 524 g/mol. The third-order valence-electron chi connectivity index (χ3n) is 7.61. The minimum absolute atomic E-state index is 0.107. The summed E-state index contributed by atoms with van der Waals surface area (Å²) in [6.07, 6.45) is 3.65. The Morgan fingerprint density at radius 3 is 2.18 bits per heavy atom. The summed E-state index contributed by atoms with van der Waals surface area (Å²) in [5, 5.41) is 7.86. The zero-order valence-electron chi connectivity index (χ0n) is 23.1. The Hall–Kier alpha value is -4.06. The lowest BCUT2D eigenvalue weighted by atomic mass is 9.93. The minimum atomic E-state index is -0.447. The summed E-state index contributed by atoms with van der Waals surface area (Å²) in [7, 11) is 1.68. The molecule has 0 bridgehead atoms. The second-order valence-corrected chi connectivity index (χ2v) is 10.4. The van der Waals surface area contributed by atoms with Crippen molar-refractivity contribution in [3.8, 4) is 28.2 Å². The van der Waals surface area contributed by atoms with Crippen LogP contribution in [0.2, 0.25) is 0 Å². The summed E-state index contributed by atoms with van der Waals surface area (Å²) < 4.78 is 16.3. The number of ether oxygens (including phenoxy) is 2. The summed E-state index contributed by atoms with van der Waals surface area (Å²) in [6, 6.07) is 25.1. The van der Waals surface area contributed by atoms with Gasteiger partial charge >= 0.3 is 5.97 Å². The molecule has 0 saturated heterocycles. The van der Waals surface area contributed by atoms with Gasteiger partial charge in [0.1, 0.15) is 17.1 Å². The topological polar surface area (TPSA) is 73.6 Å². The number of rotatable bonds is 11. The van der Waals surface area contributed by atoms with Crippen molar-refractivity contribution in [2.24, 2.45) is 0 Å². The number of benzene rings is 3. The van der Waals surface area contributed by atoms with E-state index in [2.05, 4.69) is 78.1 Å². The summed E-state index contributed by atoms with van der Waals surface area (Å²) >= 11 is 0.